The van der Waals surface area contributed by atoms with E-state index in [2.05, 4.69) is 10.6 Å². The molecule has 0 spiro atoms. The van der Waals surface area contributed by atoms with Crippen molar-refractivity contribution in [2.24, 2.45) is 0 Å². The average Bonchev–Trinajstić information content (AvgIpc) is 2.89. The summed E-state index contributed by atoms with van der Waals surface area (Å²) in [5, 5.41) is 6.24. The van der Waals surface area contributed by atoms with E-state index in [9.17, 15) is 9.59 Å². The smallest absolute Gasteiger partial charge is 0.338 e. The summed E-state index contributed by atoms with van der Waals surface area (Å²) in [5.74, 6) is 0.482. The molecule has 4 rings (SSSR count). The van der Waals surface area contributed by atoms with Gasteiger partial charge in [-0.2, -0.15) is 0 Å². The van der Waals surface area contributed by atoms with Crippen LogP contribution in [-0.4, -0.2) is 25.2 Å². The standard InChI is InChI=1S/C28H27ClN2O5/c1-3-34-23-16-19(14-15-22(23)36-17-20-12-8-9-13-21(20)29)26-24(27(32)35-4-2)25(30-28(33)31-26)18-10-6-5-7-11-18/h5-16,26H,3-4,17H2,1-2H3,(H2,30,31,33)/t26-/m1/s1. The van der Waals surface area contributed by atoms with Crippen molar-refractivity contribution in [2.45, 2.75) is 26.5 Å². The van der Waals surface area contributed by atoms with Crippen LogP contribution in [0.3, 0.4) is 0 Å². The van der Waals surface area contributed by atoms with Crippen molar-refractivity contribution in [1.29, 1.82) is 0 Å². The number of amides is 2. The first-order valence-electron chi connectivity index (χ1n) is 11.7. The third-order valence-electron chi connectivity index (χ3n) is 5.57. The lowest BCUT2D eigenvalue weighted by atomic mass is 9.92. The van der Waals surface area contributed by atoms with E-state index in [1.54, 1.807) is 31.2 Å². The molecule has 0 saturated carbocycles. The van der Waals surface area contributed by atoms with Crippen molar-refractivity contribution in [3.05, 3.63) is 100 Å². The molecule has 8 heteroatoms. The highest BCUT2D eigenvalue weighted by Crippen LogP contribution is 2.37. The van der Waals surface area contributed by atoms with Gasteiger partial charge in [0.1, 0.15) is 6.61 Å². The Morgan fingerprint density at radius 3 is 2.39 bits per heavy atom. The molecule has 0 saturated heterocycles. The second-order valence-electron chi connectivity index (χ2n) is 7.93. The first-order valence-corrected chi connectivity index (χ1v) is 12.1. The average molecular weight is 507 g/mol. The van der Waals surface area contributed by atoms with Gasteiger partial charge < -0.3 is 24.8 Å². The SMILES string of the molecule is CCOC(=O)C1=C(c2ccccc2)NC(=O)N[C@@H]1c1ccc(OCc2ccccc2Cl)c(OCC)c1. The number of hydrogen-bond donors (Lipinski definition) is 2. The summed E-state index contributed by atoms with van der Waals surface area (Å²) in [5.41, 5.74) is 2.89. The van der Waals surface area contributed by atoms with Crippen LogP contribution in [-0.2, 0) is 16.1 Å². The molecule has 2 amide bonds. The Labute approximate surface area is 215 Å². The quantitative estimate of drug-likeness (QED) is 0.366. The number of carbonyl (C=O) groups is 2. The van der Waals surface area contributed by atoms with Gasteiger partial charge in [-0.1, -0.05) is 66.2 Å². The van der Waals surface area contributed by atoms with Gasteiger partial charge in [-0.15, -0.1) is 0 Å². The number of urea groups is 1. The predicted octanol–water partition coefficient (Wildman–Crippen LogP) is 5.65. The van der Waals surface area contributed by atoms with Gasteiger partial charge in [0.15, 0.2) is 11.5 Å². The number of carbonyl (C=O) groups excluding carboxylic acids is 2. The number of hydrogen-bond acceptors (Lipinski definition) is 5. The van der Waals surface area contributed by atoms with Crippen LogP contribution in [0.1, 0.15) is 36.6 Å². The Balaban J connectivity index is 1.73. The lowest BCUT2D eigenvalue weighted by molar-refractivity contribution is -0.138. The van der Waals surface area contributed by atoms with E-state index in [1.165, 1.54) is 0 Å². The molecule has 0 fully saturated rings. The number of halogens is 1. The van der Waals surface area contributed by atoms with Crippen molar-refractivity contribution < 1.29 is 23.8 Å². The first kappa shape index (κ1) is 25.1. The molecule has 0 aromatic heterocycles. The Morgan fingerprint density at radius 2 is 1.67 bits per heavy atom. The van der Waals surface area contributed by atoms with Gasteiger partial charge >= 0.3 is 12.0 Å². The maximum absolute atomic E-state index is 13.1. The van der Waals surface area contributed by atoms with Crippen molar-refractivity contribution in [1.82, 2.24) is 10.6 Å². The number of nitrogens with one attached hydrogen (secondary N) is 2. The second-order valence-corrected chi connectivity index (χ2v) is 8.33. The molecule has 7 nitrogen and oxygen atoms in total. The second kappa shape index (κ2) is 11.6. The summed E-state index contributed by atoms with van der Waals surface area (Å²) in [6.07, 6.45) is 0. The van der Waals surface area contributed by atoms with Crippen molar-refractivity contribution >= 4 is 29.3 Å². The topological polar surface area (TPSA) is 85.9 Å². The molecule has 0 radical (unpaired) electrons. The van der Waals surface area contributed by atoms with E-state index in [0.29, 0.717) is 45.5 Å². The number of esters is 1. The molecule has 1 heterocycles. The van der Waals surface area contributed by atoms with Gasteiger partial charge in [-0.05, 0) is 43.2 Å². The molecule has 3 aromatic rings. The minimum atomic E-state index is -0.759. The zero-order valence-corrected chi connectivity index (χ0v) is 20.8. The Hall–Kier alpha value is -3.97. The predicted molar refractivity (Wildman–Crippen MR) is 138 cm³/mol. The summed E-state index contributed by atoms with van der Waals surface area (Å²) in [6.45, 7) is 4.47. The van der Waals surface area contributed by atoms with Crippen LogP contribution in [0.15, 0.2) is 78.4 Å². The van der Waals surface area contributed by atoms with E-state index in [4.69, 9.17) is 25.8 Å². The molecule has 186 valence electrons. The normalized spacial score (nSPS) is 15.1. The summed E-state index contributed by atoms with van der Waals surface area (Å²) in [7, 11) is 0. The fourth-order valence-corrected chi connectivity index (χ4v) is 4.13. The largest absolute Gasteiger partial charge is 0.490 e. The van der Waals surface area contributed by atoms with Crippen LogP contribution in [0.25, 0.3) is 5.70 Å². The van der Waals surface area contributed by atoms with E-state index in [-0.39, 0.29) is 13.2 Å². The van der Waals surface area contributed by atoms with Crippen LogP contribution in [0, 0.1) is 0 Å². The minimum Gasteiger partial charge on any atom is -0.490 e. The van der Waals surface area contributed by atoms with Crippen molar-refractivity contribution in [3.8, 4) is 11.5 Å². The first-order chi connectivity index (χ1) is 17.5. The molecule has 1 aliphatic rings. The highest BCUT2D eigenvalue weighted by molar-refractivity contribution is 6.31. The third kappa shape index (κ3) is 5.63. The van der Waals surface area contributed by atoms with E-state index >= 15 is 0 Å². The van der Waals surface area contributed by atoms with Gasteiger partial charge in [0.2, 0.25) is 0 Å². The lowest BCUT2D eigenvalue weighted by Gasteiger charge is -2.30. The molecule has 2 N–H and O–H groups in total. The van der Waals surface area contributed by atoms with Crippen molar-refractivity contribution in [3.63, 3.8) is 0 Å². The molecular formula is C28H27ClN2O5. The van der Waals surface area contributed by atoms with Crippen molar-refractivity contribution in [2.75, 3.05) is 13.2 Å². The molecule has 0 aliphatic carbocycles. The molecule has 1 aliphatic heterocycles. The van der Waals surface area contributed by atoms with Crippen LogP contribution in [0.2, 0.25) is 5.02 Å². The Kier molecular flexibility index (Phi) is 8.13. The molecule has 3 aromatic carbocycles. The maximum Gasteiger partial charge on any atom is 0.338 e. The fraction of sp³-hybridized carbons (Fsp3) is 0.214. The highest BCUT2D eigenvalue weighted by Gasteiger charge is 2.34. The van der Waals surface area contributed by atoms with Gasteiger partial charge in [0.05, 0.1) is 30.5 Å². The summed E-state index contributed by atoms with van der Waals surface area (Å²) in [6, 6.07) is 20.8. The lowest BCUT2D eigenvalue weighted by Crippen LogP contribution is -2.45. The third-order valence-corrected chi connectivity index (χ3v) is 5.94. The van der Waals surface area contributed by atoms with E-state index in [0.717, 1.165) is 5.56 Å². The zero-order valence-electron chi connectivity index (χ0n) is 20.0. The summed E-state index contributed by atoms with van der Waals surface area (Å²) >= 11 is 6.26. The fourth-order valence-electron chi connectivity index (χ4n) is 3.94. The number of ether oxygens (including phenoxy) is 3. The summed E-state index contributed by atoms with van der Waals surface area (Å²) < 4.78 is 17.2. The molecule has 36 heavy (non-hydrogen) atoms. The molecular weight excluding hydrogens is 480 g/mol. The molecule has 0 bridgehead atoms. The van der Waals surface area contributed by atoms with E-state index < -0.39 is 18.0 Å². The van der Waals surface area contributed by atoms with Gasteiger partial charge in [-0.3, -0.25) is 0 Å². The summed E-state index contributed by atoms with van der Waals surface area (Å²) in [4.78, 5) is 25.7. The monoisotopic (exact) mass is 506 g/mol. The highest BCUT2D eigenvalue weighted by atomic mass is 35.5. The van der Waals surface area contributed by atoms with Gasteiger partial charge in [0, 0.05) is 10.6 Å². The minimum absolute atomic E-state index is 0.199. The maximum atomic E-state index is 13.1. The van der Waals surface area contributed by atoms with Crippen LogP contribution < -0.4 is 20.1 Å². The number of benzene rings is 3. The molecule has 1 atom stereocenters. The van der Waals surface area contributed by atoms with Crippen LogP contribution in [0.5, 0.6) is 11.5 Å². The van der Waals surface area contributed by atoms with E-state index in [1.807, 2.05) is 55.5 Å². The van der Waals surface area contributed by atoms with Crippen LogP contribution >= 0.6 is 11.6 Å². The zero-order chi connectivity index (χ0) is 25.5. The molecule has 0 unspecified atom stereocenters. The Bertz CT molecular complexity index is 1280. The number of rotatable bonds is 9. The van der Waals surface area contributed by atoms with Gasteiger partial charge in [0.25, 0.3) is 0 Å². The van der Waals surface area contributed by atoms with Gasteiger partial charge in [-0.25, -0.2) is 9.59 Å². The Morgan fingerprint density at radius 1 is 0.917 bits per heavy atom. The van der Waals surface area contributed by atoms with Crippen LogP contribution in [0.4, 0.5) is 4.79 Å².